The Balaban J connectivity index is 6.19. The lowest BCUT2D eigenvalue weighted by Gasteiger charge is -2.23. The Morgan fingerprint density at radius 3 is 0.818 bits per heavy atom. The lowest BCUT2D eigenvalue weighted by molar-refractivity contribution is -0.156. The van der Waals surface area contributed by atoms with Gasteiger partial charge in [0.25, 0.3) is 0 Å². The maximum Gasteiger partial charge on any atom is 0.975 e. The highest BCUT2D eigenvalue weighted by Crippen LogP contribution is 2.16. The van der Waals surface area contributed by atoms with Crippen molar-refractivity contribution in [3.63, 3.8) is 0 Å². The second kappa shape index (κ2) is 17.7. The lowest BCUT2D eigenvalue weighted by atomic mass is 10.4. The number of hydrogen-bond donors (Lipinski definition) is 0. The number of carbonyl (C=O) groups is 4. The second-order valence-corrected chi connectivity index (χ2v) is 7.54. The van der Waals surface area contributed by atoms with Crippen molar-refractivity contribution in [2.75, 3.05) is 0 Å². The summed E-state index contributed by atoms with van der Waals surface area (Å²) < 4.78 is 20.4. The first kappa shape index (κ1) is 29.0. The van der Waals surface area contributed by atoms with Crippen molar-refractivity contribution >= 4 is 32.9 Å². The van der Waals surface area contributed by atoms with E-state index in [0.29, 0.717) is 0 Å². The van der Waals surface area contributed by atoms with Gasteiger partial charge in [-0.05, 0) is 27.7 Å². The van der Waals surface area contributed by atoms with Crippen LogP contribution in [0.4, 0.5) is 0 Å². The minimum Gasteiger partial charge on any atom is -0.419 e. The zero-order valence-corrected chi connectivity index (χ0v) is 20.0. The third-order valence-corrected chi connectivity index (χ3v) is 4.85. The van der Waals surface area contributed by atoms with Crippen LogP contribution in [0.3, 0.4) is 0 Å². The van der Waals surface area contributed by atoms with E-state index < -0.39 is 32.9 Å². The van der Waals surface area contributed by atoms with Crippen molar-refractivity contribution in [2.45, 2.75) is 27.7 Å². The maximum atomic E-state index is 12.3. The van der Waals surface area contributed by atoms with Crippen LogP contribution in [0, 0.1) is 0 Å². The van der Waals surface area contributed by atoms with Crippen LogP contribution in [0.15, 0.2) is 97.2 Å². The van der Waals surface area contributed by atoms with Crippen LogP contribution >= 0.6 is 0 Å². The zero-order valence-electron chi connectivity index (χ0n) is 19.0. The number of carbonyl (C=O) groups excluding carboxylic acids is 4. The fourth-order valence-corrected chi connectivity index (χ4v) is 3.24. The number of hydrogen-bond acceptors (Lipinski definition) is 8. The van der Waals surface area contributed by atoms with Crippen molar-refractivity contribution in [2.24, 2.45) is 0 Å². The summed E-state index contributed by atoms with van der Waals surface area (Å²) in [6.07, 6.45) is 22.1. The van der Waals surface area contributed by atoms with E-state index in [4.69, 9.17) is 17.7 Å². The molecule has 9 heteroatoms. The molecule has 8 nitrogen and oxygen atoms in total. The molecule has 0 fully saturated rings. The van der Waals surface area contributed by atoms with Crippen molar-refractivity contribution in [3.8, 4) is 0 Å². The Morgan fingerprint density at radius 1 is 0.424 bits per heavy atom. The summed E-state index contributed by atoms with van der Waals surface area (Å²) in [6.45, 7) is 6.91. The fraction of sp³-hybridized carbons (Fsp3) is 0.167. The average Bonchev–Trinajstić information content (AvgIpc) is 2.74. The Labute approximate surface area is 195 Å². The molecule has 0 N–H and O–H groups in total. The Kier molecular flexibility index (Phi) is 15.5. The molecule has 0 aromatic rings. The highest BCUT2D eigenvalue weighted by Gasteiger charge is 2.62. The van der Waals surface area contributed by atoms with E-state index in [1.165, 1.54) is 48.6 Å². The SMILES string of the molecule is C/C=C/C=C/C(=O)O[Si](OC(=O)/C=C/C=C/C)(OC(=O)/C=C/C=C/C)OC(=O)/C=C/C=C/C. The normalized spacial score (nSPS) is 13.0. The molecular weight excluding hydrogens is 444 g/mol. The average molecular weight is 473 g/mol. The number of allylic oxidation sites excluding steroid dienone is 12. The Morgan fingerprint density at radius 2 is 0.636 bits per heavy atom. The topological polar surface area (TPSA) is 105 Å². The minimum absolute atomic E-state index is 0.984. The summed E-state index contributed by atoms with van der Waals surface area (Å²) in [5.41, 5.74) is 0. The molecule has 0 radical (unpaired) electrons. The Bertz CT molecular complexity index is 752. The van der Waals surface area contributed by atoms with Crippen LogP contribution in [0.1, 0.15) is 27.7 Å². The monoisotopic (exact) mass is 472 g/mol. The molecule has 0 atom stereocenters. The predicted octanol–water partition coefficient (Wildman–Crippen LogP) is 4.12. The van der Waals surface area contributed by atoms with Crippen LogP contribution in [-0.4, -0.2) is 32.9 Å². The van der Waals surface area contributed by atoms with Gasteiger partial charge in [-0.3, -0.25) is 0 Å². The highest BCUT2D eigenvalue weighted by molar-refractivity contribution is 6.61. The minimum atomic E-state index is -4.99. The van der Waals surface area contributed by atoms with E-state index in [1.54, 1.807) is 52.0 Å². The molecule has 0 aromatic carbocycles. The predicted molar refractivity (Wildman–Crippen MR) is 126 cm³/mol. The summed E-state index contributed by atoms with van der Waals surface area (Å²) in [5, 5.41) is 0. The van der Waals surface area contributed by atoms with Crippen molar-refractivity contribution < 1.29 is 36.9 Å². The largest absolute Gasteiger partial charge is 0.975 e. The van der Waals surface area contributed by atoms with Gasteiger partial charge in [0.15, 0.2) is 0 Å². The van der Waals surface area contributed by atoms with Gasteiger partial charge in [-0.2, -0.15) is 0 Å². The second-order valence-electron chi connectivity index (χ2n) is 5.72. The van der Waals surface area contributed by atoms with Gasteiger partial charge < -0.3 is 17.7 Å². The van der Waals surface area contributed by atoms with Crippen LogP contribution in [0.25, 0.3) is 0 Å². The molecular formula is C24H28O8Si. The van der Waals surface area contributed by atoms with E-state index in [9.17, 15) is 19.2 Å². The smallest absolute Gasteiger partial charge is 0.419 e. The van der Waals surface area contributed by atoms with Gasteiger partial charge in [-0.1, -0.05) is 72.9 Å². The summed E-state index contributed by atoms with van der Waals surface area (Å²) in [7, 11) is -4.99. The molecule has 0 amide bonds. The molecule has 0 rings (SSSR count). The van der Waals surface area contributed by atoms with Gasteiger partial charge in [-0.25, -0.2) is 19.2 Å². The Hall–Kier alpha value is -3.98. The third-order valence-electron chi connectivity index (χ3n) is 3.05. The van der Waals surface area contributed by atoms with E-state index in [-0.39, 0.29) is 0 Å². The van der Waals surface area contributed by atoms with Crippen LogP contribution < -0.4 is 0 Å². The van der Waals surface area contributed by atoms with Crippen molar-refractivity contribution in [1.29, 1.82) is 0 Å². The first-order valence-electron chi connectivity index (χ1n) is 9.91. The summed E-state index contributed by atoms with van der Waals surface area (Å²) in [4.78, 5) is 49.2. The molecule has 0 bridgehead atoms. The zero-order chi connectivity index (χ0) is 25.0. The maximum absolute atomic E-state index is 12.3. The summed E-state index contributed by atoms with van der Waals surface area (Å²) >= 11 is 0. The van der Waals surface area contributed by atoms with E-state index in [1.807, 2.05) is 0 Å². The van der Waals surface area contributed by atoms with Gasteiger partial charge in [0.1, 0.15) is 0 Å². The molecule has 0 aromatic heterocycles. The van der Waals surface area contributed by atoms with Gasteiger partial charge >= 0.3 is 32.9 Å². The molecule has 0 unspecified atom stereocenters. The molecule has 0 saturated carbocycles. The first-order chi connectivity index (χ1) is 15.8. The van der Waals surface area contributed by atoms with Gasteiger partial charge in [0, 0.05) is 24.3 Å². The highest BCUT2D eigenvalue weighted by atomic mass is 28.4. The van der Waals surface area contributed by atoms with Crippen LogP contribution in [0.5, 0.6) is 0 Å². The summed E-state index contributed by atoms with van der Waals surface area (Å²) in [5.74, 6) is -4.22. The fourth-order valence-electron chi connectivity index (χ4n) is 1.73. The molecule has 33 heavy (non-hydrogen) atoms. The summed E-state index contributed by atoms with van der Waals surface area (Å²) in [6, 6.07) is 0. The lowest BCUT2D eigenvalue weighted by Crippen LogP contribution is -2.53. The molecule has 0 spiro atoms. The van der Waals surface area contributed by atoms with Crippen LogP contribution in [0.2, 0.25) is 0 Å². The third kappa shape index (κ3) is 14.6. The quantitative estimate of drug-likeness (QED) is 0.237. The standard InChI is InChI=1S/C24H28O8Si/c1-5-9-13-17-21(25)29-33(30-22(26)18-14-10-6-2,31-23(27)19-15-11-7-3)32-24(28)20-16-12-8-4/h5-20H,1-4H3/b9-5+,10-6+,11-7+,12-8+,17-13+,18-14+,19-15+,20-16+. The van der Waals surface area contributed by atoms with E-state index in [0.717, 1.165) is 24.3 Å². The molecule has 0 aliphatic heterocycles. The van der Waals surface area contributed by atoms with Crippen molar-refractivity contribution in [3.05, 3.63) is 97.2 Å². The van der Waals surface area contributed by atoms with Crippen molar-refractivity contribution in [1.82, 2.24) is 0 Å². The molecule has 0 aliphatic carbocycles. The molecule has 0 aliphatic rings. The molecule has 0 heterocycles. The van der Waals surface area contributed by atoms with Gasteiger partial charge in [0.05, 0.1) is 0 Å². The van der Waals surface area contributed by atoms with Crippen LogP contribution in [-0.2, 0) is 36.9 Å². The van der Waals surface area contributed by atoms with E-state index >= 15 is 0 Å². The molecule has 0 saturated heterocycles. The molecule has 176 valence electrons. The van der Waals surface area contributed by atoms with E-state index in [2.05, 4.69) is 0 Å². The number of rotatable bonds is 12. The van der Waals surface area contributed by atoms with Gasteiger partial charge in [0.2, 0.25) is 0 Å². The van der Waals surface area contributed by atoms with Gasteiger partial charge in [-0.15, -0.1) is 0 Å². The first-order valence-corrected chi connectivity index (χ1v) is 11.5.